The van der Waals surface area contributed by atoms with Crippen molar-refractivity contribution in [1.82, 2.24) is 10.3 Å². The van der Waals surface area contributed by atoms with Gasteiger partial charge in [0.25, 0.3) is 5.91 Å². The highest BCUT2D eigenvalue weighted by molar-refractivity contribution is 5.92. The normalized spacial score (nSPS) is 25.6. The monoisotopic (exact) mass is 196 g/mol. The number of rotatable bonds is 2. The Kier molecular flexibility index (Phi) is 2.25. The second-order valence-corrected chi connectivity index (χ2v) is 3.56. The molecule has 1 amide bonds. The third-order valence-electron chi connectivity index (χ3n) is 2.40. The van der Waals surface area contributed by atoms with E-state index < -0.39 is 0 Å². The smallest absolute Gasteiger partial charge is 0.289 e. The van der Waals surface area contributed by atoms with Crippen LogP contribution in [0, 0.1) is 6.92 Å². The molecule has 0 atom stereocenters. The van der Waals surface area contributed by atoms with Gasteiger partial charge in [-0.15, -0.1) is 0 Å². The minimum absolute atomic E-state index is 0.0713. The summed E-state index contributed by atoms with van der Waals surface area (Å²) in [6.07, 6.45) is 2.23. The number of aryl methyl sites for hydroxylation is 1. The molecule has 0 spiro atoms. The molecule has 2 N–H and O–H groups in total. The Morgan fingerprint density at radius 2 is 2.43 bits per heavy atom. The van der Waals surface area contributed by atoms with Gasteiger partial charge in [-0.25, -0.2) is 4.98 Å². The predicted molar refractivity (Wildman–Crippen MR) is 47.7 cm³/mol. The first-order chi connectivity index (χ1) is 6.66. The molecule has 76 valence electrons. The Morgan fingerprint density at radius 1 is 1.71 bits per heavy atom. The van der Waals surface area contributed by atoms with Crippen LogP contribution in [0.15, 0.2) is 10.8 Å². The van der Waals surface area contributed by atoms with E-state index in [2.05, 4.69) is 10.3 Å². The Labute approximate surface area is 81.1 Å². The molecule has 1 fully saturated rings. The molecule has 1 heterocycles. The Hall–Kier alpha value is -1.36. The molecule has 14 heavy (non-hydrogen) atoms. The molecular formula is C9H12N2O3. The Bertz CT molecular complexity index is 342. The molecule has 5 heteroatoms. The van der Waals surface area contributed by atoms with Gasteiger partial charge in [0.1, 0.15) is 0 Å². The van der Waals surface area contributed by atoms with Crippen LogP contribution in [0.2, 0.25) is 0 Å². The maximum atomic E-state index is 11.5. The van der Waals surface area contributed by atoms with Crippen molar-refractivity contribution in [1.29, 1.82) is 0 Å². The fourth-order valence-electron chi connectivity index (χ4n) is 1.48. The number of amides is 1. The topological polar surface area (TPSA) is 75.4 Å². The molecule has 0 bridgehead atoms. The molecular weight excluding hydrogens is 184 g/mol. The van der Waals surface area contributed by atoms with Crippen molar-refractivity contribution in [2.24, 2.45) is 0 Å². The second kappa shape index (κ2) is 3.42. The zero-order valence-corrected chi connectivity index (χ0v) is 7.86. The largest absolute Gasteiger partial charge is 0.438 e. The standard InChI is InChI=1S/C9H12N2O3/c1-5-8(14-4-10-5)9(13)11-6-2-7(12)3-6/h4,6-7,12H,2-3H2,1H3,(H,11,13). The lowest BCUT2D eigenvalue weighted by Crippen LogP contribution is -2.46. The van der Waals surface area contributed by atoms with E-state index in [9.17, 15) is 4.79 Å². The fourth-order valence-corrected chi connectivity index (χ4v) is 1.48. The minimum Gasteiger partial charge on any atom is -0.438 e. The van der Waals surface area contributed by atoms with Crippen molar-refractivity contribution in [3.05, 3.63) is 17.8 Å². The first-order valence-corrected chi connectivity index (χ1v) is 4.56. The molecule has 0 unspecified atom stereocenters. The molecule has 1 aliphatic carbocycles. The zero-order chi connectivity index (χ0) is 10.1. The van der Waals surface area contributed by atoms with Crippen LogP contribution in [0.4, 0.5) is 0 Å². The lowest BCUT2D eigenvalue weighted by molar-refractivity contribution is 0.0551. The molecule has 1 aliphatic rings. The molecule has 0 saturated heterocycles. The Balaban J connectivity index is 1.93. The molecule has 2 rings (SSSR count). The summed E-state index contributed by atoms with van der Waals surface area (Å²) < 4.78 is 4.94. The van der Waals surface area contributed by atoms with Crippen molar-refractivity contribution >= 4 is 5.91 Å². The van der Waals surface area contributed by atoms with E-state index in [1.807, 2.05) is 0 Å². The van der Waals surface area contributed by atoms with Gasteiger partial charge in [-0.1, -0.05) is 0 Å². The van der Waals surface area contributed by atoms with Gasteiger partial charge < -0.3 is 14.8 Å². The molecule has 1 saturated carbocycles. The van der Waals surface area contributed by atoms with Crippen molar-refractivity contribution in [2.75, 3.05) is 0 Å². The summed E-state index contributed by atoms with van der Waals surface area (Å²) in [5, 5.41) is 11.8. The van der Waals surface area contributed by atoms with Gasteiger partial charge in [-0.2, -0.15) is 0 Å². The zero-order valence-electron chi connectivity index (χ0n) is 7.86. The number of carbonyl (C=O) groups is 1. The van der Waals surface area contributed by atoms with E-state index in [1.54, 1.807) is 6.92 Å². The molecule has 1 aromatic heterocycles. The van der Waals surface area contributed by atoms with Crippen molar-refractivity contribution < 1.29 is 14.3 Å². The summed E-state index contributed by atoms with van der Waals surface area (Å²) in [7, 11) is 0. The van der Waals surface area contributed by atoms with Crippen LogP contribution in [-0.2, 0) is 0 Å². The van der Waals surface area contributed by atoms with E-state index >= 15 is 0 Å². The van der Waals surface area contributed by atoms with Crippen LogP contribution >= 0.6 is 0 Å². The average molecular weight is 196 g/mol. The SMILES string of the molecule is Cc1ncoc1C(=O)NC1CC(O)C1. The van der Waals surface area contributed by atoms with Gasteiger partial charge in [0, 0.05) is 6.04 Å². The van der Waals surface area contributed by atoms with Gasteiger partial charge in [0.2, 0.25) is 5.76 Å². The third-order valence-corrected chi connectivity index (χ3v) is 2.40. The number of hydrogen-bond acceptors (Lipinski definition) is 4. The summed E-state index contributed by atoms with van der Waals surface area (Å²) in [6.45, 7) is 1.72. The van der Waals surface area contributed by atoms with Crippen molar-refractivity contribution in [2.45, 2.75) is 31.9 Å². The number of oxazole rings is 1. The first-order valence-electron chi connectivity index (χ1n) is 4.56. The van der Waals surface area contributed by atoms with Crippen LogP contribution in [-0.4, -0.2) is 28.1 Å². The molecule has 1 aromatic rings. The average Bonchev–Trinajstić information content (AvgIpc) is 2.48. The number of aliphatic hydroxyl groups excluding tert-OH is 1. The number of nitrogens with one attached hydrogen (secondary N) is 1. The van der Waals surface area contributed by atoms with Gasteiger partial charge in [0.15, 0.2) is 6.39 Å². The van der Waals surface area contributed by atoms with Gasteiger partial charge in [-0.05, 0) is 19.8 Å². The number of carbonyl (C=O) groups excluding carboxylic acids is 1. The number of hydrogen-bond donors (Lipinski definition) is 2. The van der Waals surface area contributed by atoms with Crippen molar-refractivity contribution in [3.63, 3.8) is 0 Å². The fraction of sp³-hybridized carbons (Fsp3) is 0.556. The van der Waals surface area contributed by atoms with Crippen LogP contribution < -0.4 is 5.32 Å². The molecule has 5 nitrogen and oxygen atoms in total. The quantitative estimate of drug-likeness (QED) is 0.710. The summed E-state index contributed by atoms with van der Waals surface area (Å²) in [5.74, 6) is 0.00305. The highest BCUT2D eigenvalue weighted by Gasteiger charge is 2.29. The first kappa shape index (κ1) is 9.21. The number of aromatic nitrogens is 1. The second-order valence-electron chi connectivity index (χ2n) is 3.56. The lowest BCUT2D eigenvalue weighted by Gasteiger charge is -2.31. The molecule has 0 aliphatic heterocycles. The van der Waals surface area contributed by atoms with Crippen LogP contribution in [0.1, 0.15) is 29.1 Å². The van der Waals surface area contributed by atoms with E-state index in [0.29, 0.717) is 18.5 Å². The maximum absolute atomic E-state index is 11.5. The minimum atomic E-state index is -0.267. The van der Waals surface area contributed by atoms with Crippen molar-refractivity contribution in [3.8, 4) is 0 Å². The van der Waals surface area contributed by atoms with Crippen LogP contribution in [0.25, 0.3) is 0 Å². The van der Waals surface area contributed by atoms with Gasteiger partial charge in [0.05, 0.1) is 11.8 Å². The summed E-state index contributed by atoms with van der Waals surface area (Å²) in [4.78, 5) is 15.3. The number of nitrogens with zero attached hydrogens (tertiary/aromatic N) is 1. The third kappa shape index (κ3) is 1.63. The highest BCUT2D eigenvalue weighted by Crippen LogP contribution is 2.20. The van der Waals surface area contributed by atoms with Gasteiger partial charge >= 0.3 is 0 Å². The summed E-state index contributed by atoms with van der Waals surface area (Å²) >= 11 is 0. The van der Waals surface area contributed by atoms with E-state index in [4.69, 9.17) is 9.52 Å². The van der Waals surface area contributed by atoms with Gasteiger partial charge in [-0.3, -0.25) is 4.79 Å². The summed E-state index contributed by atoms with van der Waals surface area (Å²) in [5.41, 5.74) is 0.586. The highest BCUT2D eigenvalue weighted by atomic mass is 16.3. The van der Waals surface area contributed by atoms with E-state index in [0.717, 1.165) is 0 Å². The number of aliphatic hydroxyl groups is 1. The summed E-state index contributed by atoms with van der Waals surface area (Å²) in [6, 6.07) is 0.0713. The van der Waals surface area contributed by atoms with Crippen LogP contribution in [0.3, 0.4) is 0 Å². The lowest BCUT2D eigenvalue weighted by atomic mass is 9.89. The van der Waals surface area contributed by atoms with E-state index in [-0.39, 0.29) is 23.8 Å². The maximum Gasteiger partial charge on any atom is 0.289 e. The molecule has 0 radical (unpaired) electrons. The predicted octanol–water partition coefficient (Wildman–Crippen LogP) is 0.236. The molecule has 0 aromatic carbocycles. The Morgan fingerprint density at radius 3 is 2.93 bits per heavy atom. The van der Waals surface area contributed by atoms with E-state index in [1.165, 1.54) is 6.39 Å². The van der Waals surface area contributed by atoms with Crippen LogP contribution in [0.5, 0.6) is 0 Å².